The van der Waals surface area contributed by atoms with Gasteiger partial charge in [-0.25, -0.2) is 0 Å². The molecule has 2 aromatic rings. The van der Waals surface area contributed by atoms with E-state index >= 15 is 0 Å². The van der Waals surface area contributed by atoms with E-state index in [1.165, 1.54) is 6.92 Å². The molecule has 0 saturated heterocycles. The first-order chi connectivity index (χ1) is 10.3. The molecule has 0 bridgehead atoms. The highest BCUT2D eigenvalue weighted by molar-refractivity contribution is 7.95. The first kappa shape index (κ1) is 16.5. The van der Waals surface area contributed by atoms with E-state index in [2.05, 4.69) is 4.18 Å². The van der Waals surface area contributed by atoms with Crippen molar-refractivity contribution in [3.05, 3.63) is 42.0 Å². The number of ether oxygens (including phenoxy) is 1. The third-order valence-electron chi connectivity index (χ3n) is 3.14. The highest BCUT2D eigenvalue weighted by Crippen LogP contribution is 2.33. The fourth-order valence-corrected chi connectivity index (χ4v) is 2.26. The molecule has 0 N–H and O–H groups in total. The minimum absolute atomic E-state index is 0.588. The van der Waals surface area contributed by atoms with Crippen LogP contribution in [-0.2, 0) is 8.98 Å². The second kappa shape index (κ2) is 6.48. The van der Waals surface area contributed by atoms with Crippen LogP contribution in [0.3, 0.4) is 0 Å². The molecule has 0 radical (unpaired) electrons. The molecule has 0 spiro atoms. The summed E-state index contributed by atoms with van der Waals surface area (Å²) in [6, 6.07) is 10.6. The molecule has 0 unspecified atom stereocenters. The van der Waals surface area contributed by atoms with Gasteiger partial charge in [0.15, 0.2) is 12.0 Å². The number of hydrogen-bond acceptors (Lipinski definition) is 4. The van der Waals surface area contributed by atoms with Crippen molar-refractivity contribution in [3.63, 3.8) is 0 Å². The number of carbonyl (C=O) groups is 1. The zero-order valence-electron chi connectivity index (χ0n) is 11.8. The fourth-order valence-electron chi connectivity index (χ4n) is 1.94. The minimum atomic E-state index is -4.60. The summed E-state index contributed by atoms with van der Waals surface area (Å²) < 4.78 is 45.4. The van der Waals surface area contributed by atoms with Crippen LogP contribution in [-0.4, -0.2) is 18.6 Å². The molecule has 0 amide bonds. The van der Waals surface area contributed by atoms with Crippen LogP contribution in [0.1, 0.15) is 18.4 Å². The lowest BCUT2D eigenvalue weighted by Crippen LogP contribution is -2.13. The van der Waals surface area contributed by atoms with Crippen molar-refractivity contribution in [2.45, 2.75) is 18.3 Å². The Hall–Kier alpha value is -1.89. The summed E-state index contributed by atoms with van der Waals surface area (Å²) >= 11 is -0.793. The maximum absolute atomic E-state index is 12.0. The summed E-state index contributed by atoms with van der Waals surface area (Å²) in [5, 5.41) is 1.77. The van der Waals surface area contributed by atoms with Gasteiger partial charge in [0.1, 0.15) is 5.75 Å². The lowest BCUT2D eigenvalue weighted by atomic mass is 9.98. The van der Waals surface area contributed by atoms with Gasteiger partial charge in [-0.05, 0) is 35.4 Å². The Bertz CT molecular complexity index is 685. The normalized spacial score (nSPS) is 13.0. The molecule has 118 valence electrons. The van der Waals surface area contributed by atoms with Crippen molar-refractivity contribution >= 4 is 28.8 Å². The van der Waals surface area contributed by atoms with Crippen LogP contribution < -0.4 is 4.74 Å². The highest BCUT2D eigenvalue weighted by atomic mass is 32.2. The molecule has 0 aromatic heterocycles. The van der Waals surface area contributed by atoms with Gasteiger partial charge in [0.05, 0.1) is 13.0 Å². The topological polar surface area (TPSA) is 35.5 Å². The number of halogens is 3. The number of benzene rings is 2. The molecule has 7 heteroatoms. The van der Waals surface area contributed by atoms with E-state index in [0.717, 1.165) is 10.8 Å². The van der Waals surface area contributed by atoms with Crippen LogP contribution in [0.4, 0.5) is 13.2 Å². The minimum Gasteiger partial charge on any atom is -0.497 e. The van der Waals surface area contributed by atoms with E-state index in [4.69, 9.17) is 4.74 Å². The van der Waals surface area contributed by atoms with Gasteiger partial charge in [-0.3, -0.25) is 4.79 Å². The molecule has 22 heavy (non-hydrogen) atoms. The Morgan fingerprint density at radius 3 is 2.41 bits per heavy atom. The van der Waals surface area contributed by atoms with Gasteiger partial charge in [-0.1, -0.05) is 24.3 Å². The number of carbonyl (C=O) groups excluding carboxylic acids is 1. The van der Waals surface area contributed by atoms with E-state index in [1.54, 1.807) is 31.4 Å². The molecule has 0 fully saturated rings. The maximum Gasteiger partial charge on any atom is 0.479 e. The second-order valence-corrected chi connectivity index (χ2v) is 5.42. The summed E-state index contributed by atoms with van der Waals surface area (Å²) in [4.78, 5) is 11.7. The zero-order chi connectivity index (χ0) is 16.3. The van der Waals surface area contributed by atoms with Crippen molar-refractivity contribution < 1.29 is 26.9 Å². The molecule has 0 aliphatic rings. The zero-order valence-corrected chi connectivity index (χ0v) is 12.6. The van der Waals surface area contributed by atoms with Crippen LogP contribution in [0.25, 0.3) is 10.8 Å². The largest absolute Gasteiger partial charge is 0.497 e. The Kier molecular flexibility index (Phi) is 4.85. The van der Waals surface area contributed by atoms with Crippen LogP contribution in [0, 0.1) is 0 Å². The second-order valence-electron chi connectivity index (χ2n) is 4.63. The van der Waals surface area contributed by atoms with Crippen LogP contribution in [0.2, 0.25) is 0 Å². The third-order valence-corrected chi connectivity index (χ3v) is 3.58. The van der Waals surface area contributed by atoms with Gasteiger partial charge in [-0.2, -0.15) is 13.2 Å². The Labute approximate surface area is 129 Å². The average molecular weight is 330 g/mol. The summed E-state index contributed by atoms with van der Waals surface area (Å²) in [6.07, 6.45) is 0. The quantitative estimate of drug-likeness (QED) is 0.764. The molecular weight excluding hydrogens is 317 g/mol. The van der Waals surface area contributed by atoms with Crippen LogP contribution in [0.5, 0.6) is 5.75 Å². The van der Waals surface area contributed by atoms with Crippen LogP contribution in [0.15, 0.2) is 36.4 Å². The first-order valence-electron chi connectivity index (χ1n) is 6.34. The van der Waals surface area contributed by atoms with Gasteiger partial charge >= 0.3 is 11.5 Å². The molecular formula is C15H13F3O3S. The number of alkyl halides is 3. The van der Waals surface area contributed by atoms with E-state index < -0.39 is 29.4 Å². The molecule has 3 nitrogen and oxygen atoms in total. The van der Waals surface area contributed by atoms with Gasteiger partial charge in [0.25, 0.3) is 0 Å². The van der Waals surface area contributed by atoms with E-state index in [-0.39, 0.29) is 0 Å². The van der Waals surface area contributed by atoms with Crippen molar-refractivity contribution in [1.29, 1.82) is 0 Å². The molecule has 0 aliphatic heterocycles. The molecule has 2 aromatic carbocycles. The number of fused-ring (bicyclic) bond motifs is 1. The smallest absolute Gasteiger partial charge is 0.479 e. The van der Waals surface area contributed by atoms with E-state index in [0.29, 0.717) is 11.3 Å². The van der Waals surface area contributed by atoms with Gasteiger partial charge < -0.3 is 8.92 Å². The average Bonchev–Trinajstić information content (AvgIpc) is 2.50. The Morgan fingerprint density at radius 1 is 1.14 bits per heavy atom. The first-order valence-corrected chi connectivity index (χ1v) is 7.08. The van der Waals surface area contributed by atoms with E-state index in [1.807, 2.05) is 12.1 Å². The maximum atomic E-state index is 12.0. The van der Waals surface area contributed by atoms with Gasteiger partial charge in [0.2, 0.25) is 0 Å². The van der Waals surface area contributed by atoms with Crippen molar-refractivity contribution in [2.24, 2.45) is 0 Å². The highest BCUT2D eigenvalue weighted by Gasteiger charge is 2.33. The molecule has 2 rings (SSSR count). The molecule has 0 aliphatic carbocycles. The SMILES string of the molecule is COc1ccc2cc([C@H](C)C(=O)OSC(F)(F)F)ccc2c1. The van der Waals surface area contributed by atoms with E-state index in [9.17, 15) is 18.0 Å². The fraction of sp³-hybridized carbons (Fsp3) is 0.267. The lowest BCUT2D eigenvalue weighted by molar-refractivity contribution is -0.135. The number of rotatable bonds is 4. The third kappa shape index (κ3) is 4.07. The lowest BCUT2D eigenvalue weighted by Gasteiger charge is -2.12. The van der Waals surface area contributed by atoms with Gasteiger partial charge in [0, 0.05) is 0 Å². The molecule has 0 saturated carbocycles. The standard InChI is InChI=1S/C15H13F3O3S/c1-9(14(19)21-22-15(16,17)18)10-3-4-12-8-13(20-2)6-5-11(12)7-10/h3-9H,1-2H3/t9-/m0/s1. The summed E-state index contributed by atoms with van der Waals surface area (Å²) in [5.74, 6) is -1.02. The number of methoxy groups -OCH3 is 1. The predicted molar refractivity (Wildman–Crippen MR) is 78.7 cm³/mol. The Morgan fingerprint density at radius 2 is 1.77 bits per heavy atom. The summed E-state index contributed by atoms with van der Waals surface area (Å²) in [7, 11) is 1.56. The van der Waals surface area contributed by atoms with Crippen molar-refractivity contribution in [1.82, 2.24) is 0 Å². The van der Waals surface area contributed by atoms with Crippen molar-refractivity contribution in [3.8, 4) is 5.75 Å². The van der Waals surface area contributed by atoms with Gasteiger partial charge in [-0.15, -0.1) is 0 Å². The monoisotopic (exact) mass is 330 g/mol. The van der Waals surface area contributed by atoms with Crippen LogP contribution >= 0.6 is 12.0 Å². The molecule has 0 heterocycles. The number of hydrogen-bond donors (Lipinski definition) is 0. The summed E-state index contributed by atoms with van der Waals surface area (Å²) in [6.45, 7) is 1.50. The molecule has 1 atom stereocenters. The predicted octanol–water partition coefficient (Wildman–Crippen LogP) is 4.66. The summed E-state index contributed by atoms with van der Waals surface area (Å²) in [5.41, 5.74) is -4.01. The van der Waals surface area contributed by atoms with Crippen molar-refractivity contribution in [2.75, 3.05) is 7.11 Å². The Balaban J connectivity index is 2.17.